The Hall–Kier alpha value is -2.84. The second-order valence-electron chi connectivity index (χ2n) is 6.57. The molecule has 8 heteroatoms. The average Bonchev–Trinajstić information content (AvgIpc) is 3.02. The van der Waals surface area contributed by atoms with E-state index < -0.39 is 0 Å². The number of nitrogens with zero attached hydrogens (tertiary/aromatic N) is 1. The second kappa shape index (κ2) is 8.45. The lowest BCUT2D eigenvalue weighted by Crippen LogP contribution is -2.34. The molecule has 0 aliphatic heterocycles. The third-order valence-electron chi connectivity index (χ3n) is 4.00. The zero-order valence-electron chi connectivity index (χ0n) is 15.7. The van der Waals surface area contributed by atoms with Gasteiger partial charge >= 0.3 is 0 Å². The summed E-state index contributed by atoms with van der Waals surface area (Å²) >= 11 is 6.62. The summed E-state index contributed by atoms with van der Waals surface area (Å²) in [5.41, 5.74) is 3.19. The summed E-state index contributed by atoms with van der Waals surface area (Å²) in [7, 11) is 0. The molecule has 0 radical (unpaired) electrons. The number of carbonyl (C=O) groups is 2. The molecule has 28 heavy (non-hydrogen) atoms. The maximum atomic E-state index is 12.4. The average molecular weight is 413 g/mol. The highest BCUT2D eigenvalue weighted by Crippen LogP contribution is 2.28. The second-order valence-corrected chi connectivity index (χ2v) is 8.01. The molecule has 0 fully saturated rings. The molecule has 0 spiro atoms. The summed E-state index contributed by atoms with van der Waals surface area (Å²) in [6, 6.07) is 12.9. The minimum atomic E-state index is -0.276. The van der Waals surface area contributed by atoms with Gasteiger partial charge in [-0.05, 0) is 54.0 Å². The first-order valence-corrected chi connectivity index (χ1v) is 9.95. The van der Waals surface area contributed by atoms with Crippen molar-refractivity contribution in [2.75, 3.05) is 10.6 Å². The highest BCUT2D eigenvalue weighted by Gasteiger charge is 2.11. The van der Waals surface area contributed by atoms with Gasteiger partial charge in [-0.25, -0.2) is 4.98 Å². The summed E-state index contributed by atoms with van der Waals surface area (Å²) < 4.78 is 0.896. The van der Waals surface area contributed by atoms with E-state index >= 15 is 0 Å². The Balaban J connectivity index is 1.65. The number of hydrogen-bond donors (Lipinski definition) is 3. The number of thiocarbonyl (C=S) groups is 1. The Morgan fingerprint density at radius 2 is 1.79 bits per heavy atom. The van der Waals surface area contributed by atoms with Crippen LogP contribution < -0.4 is 16.0 Å². The molecule has 0 aliphatic rings. The summed E-state index contributed by atoms with van der Waals surface area (Å²) in [4.78, 5) is 28.0. The number of carbonyl (C=O) groups excluding carboxylic acids is 2. The van der Waals surface area contributed by atoms with Crippen LogP contribution in [-0.2, 0) is 4.79 Å². The predicted molar refractivity (Wildman–Crippen MR) is 118 cm³/mol. The number of aromatic nitrogens is 1. The standard InChI is InChI=1S/C20H20N4O2S2/c1-11(2)13-4-6-14(7-5-13)18(26)23-19(27)24-20-22-16-9-8-15(21-12(3)25)10-17(16)28-20/h4-11H,1-3H3,(H,21,25)(H2,22,23,24,26,27). The molecule has 1 heterocycles. The van der Waals surface area contributed by atoms with Crippen molar-refractivity contribution < 1.29 is 9.59 Å². The maximum absolute atomic E-state index is 12.4. The zero-order valence-corrected chi connectivity index (χ0v) is 17.3. The number of fused-ring (bicyclic) bond motifs is 1. The third kappa shape index (κ3) is 4.90. The number of thiazole rings is 1. The highest BCUT2D eigenvalue weighted by atomic mass is 32.1. The van der Waals surface area contributed by atoms with Gasteiger partial charge in [0.1, 0.15) is 0 Å². The molecular weight excluding hydrogens is 392 g/mol. The highest BCUT2D eigenvalue weighted by molar-refractivity contribution is 7.80. The Kier molecular flexibility index (Phi) is 6.01. The summed E-state index contributed by atoms with van der Waals surface area (Å²) in [5.74, 6) is -0.000514. The van der Waals surface area contributed by atoms with Crippen molar-refractivity contribution >= 4 is 61.5 Å². The minimum absolute atomic E-state index is 0.132. The van der Waals surface area contributed by atoms with Crippen LogP contribution in [0.15, 0.2) is 42.5 Å². The fraction of sp³-hybridized carbons (Fsp3) is 0.200. The van der Waals surface area contributed by atoms with Crippen LogP contribution in [0.25, 0.3) is 10.2 Å². The van der Waals surface area contributed by atoms with E-state index in [0.29, 0.717) is 22.3 Å². The molecular formula is C20H20N4O2S2. The van der Waals surface area contributed by atoms with Crippen molar-refractivity contribution in [1.29, 1.82) is 0 Å². The van der Waals surface area contributed by atoms with E-state index in [1.165, 1.54) is 23.8 Å². The Morgan fingerprint density at radius 3 is 2.43 bits per heavy atom. The smallest absolute Gasteiger partial charge is 0.257 e. The van der Waals surface area contributed by atoms with Crippen LogP contribution in [0.3, 0.4) is 0 Å². The van der Waals surface area contributed by atoms with Crippen molar-refractivity contribution in [3.05, 3.63) is 53.6 Å². The molecule has 2 aromatic carbocycles. The SMILES string of the molecule is CC(=O)Nc1ccc2nc(NC(=S)NC(=O)c3ccc(C(C)C)cc3)sc2c1. The van der Waals surface area contributed by atoms with Gasteiger partial charge in [0.25, 0.3) is 5.91 Å². The molecule has 6 nitrogen and oxygen atoms in total. The van der Waals surface area contributed by atoms with Crippen molar-refractivity contribution in [2.45, 2.75) is 26.7 Å². The third-order valence-corrected chi connectivity index (χ3v) is 5.13. The van der Waals surface area contributed by atoms with Gasteiger partial charge in [-0.3, -0.25) is 14.9 Å². The molecule has 0 saturated carbocycles. The van der Waals surface area contributed by atoms with Crippen molar-refractivity contribution in [2.24, 2.45) is 0 Å². The fourth-order valence-electron chi connectivity index (χ4n) is 2.58. The molecule has 3 rings (SSSR count). The van der Waals surface area contributed by atoms with Gasteiger partial charge in [0, 0.05) is 18.2 Å². The fourth-order valence-corrected chi connectivity index (χ4v) is 3.75. The van der Waals surface area contributed by atoms with E-state index in [-0.39, 0.29) is 16.9 Å². The van der Waals surface area contributed by atoms with Gasteiger partial charge in [0.15, 0.2) is 10.2 Å². The van der Waals surface area contributed by atoms with E-state index in [0.717, 1.165) is 10.2 Å². The molecule has 1 aromatic heterocycles. The van der Waals surface area contributed by atoms with Crippen LogP contribution in [0.5, 0.6) is 0 Å². The van der Waals surface area contributed by atoms with Crippen LogP contribution in [-0.4, -0.2) is 21.9 Å². The molecule has 3 aromatic rings. The molecule has 0 aliphatic carbocycles. The topological polar surface area (TPSA) is 83.1 Å². The normalized spacial score (nSPS) is 10.7. The molecule has 0 bridgehead atoms. The van der Waals surface area contributed by atoms with Crippen LogP contribution in [0.2, 0.25) is 0 Å². The van der Waals surface area contributed by atoms with E-state index in [2.05, 4.69) is 34.8 Å². The molecule has 0 saturated heterocycles. The first kappa shape index (κ1) is 19.9. The predicted octanol–water partition coefficient (Wildman–Crippen LogP) is 4.50. The zero-order chi connectivity index (χ0) is 20.3. The van der Waals surface area contributed by atoms with Gasteiger partial charge in [0.2, 0.25) is 5.91 Å². The van der Waals surface area contributed by atoms with Crippen LogP contribution >= 0.6 is 23.6 Å². The quantitative estimate of drug-likeness (QED) is 0.550. The van der Waals surface area contributed by atoms with Gasteiger partial charge in [0.05, 0.1) is 10.2 Å². The molecule has 0 atom stereocenters. The van der Waals surface area contributed by atoms with Crippen LogP contribution in [0.4, 0.5) is 10.8 Å². The van der Waals surface area contributed by atoms with Crippen molar-refractivity contribution in [1.82, 2.24) is 10.3 Å². The first-order chi connectivity index (χ1) is 13.3. The Bertz CT molecular complexity index is 1040. The first-order valence-electron chi connectivity index (χ1n) is 8.72. The summed E-state index contributed by atoms with van der Waals surface area (Å²) in [5, 5.41) is 9.09. The number of anilines is 2. The Labute approximate surface area is 172 Å². The number of nitrogens with one attached hydrogen (secondary N) is 3. The van der Waals surface area contributed by atoms with Crippen molar-refractivity contribution in [3.8, 4) is 0 Å². The van der Waals surface area contributed by atoms with E-state index in [1.807, 2.05) is 24.3 Å². The largest absolute Gasteiger partial charge is 0.326 e. The molecule has 2 amide bonds. The van der Waals surface area contributed by atoms with Crippen LogP contribution in [0.1, 0.15) is 42.6 Å². The summed E-state index contributed by atoms with van der Waals surface area (Å²) in [6.07, 6.45) is 0. The van der Waals surface area contributed by atoms with Gasteiger partial charge in [-0.15, -0.1) is 0 Å². The van der Waals surface area contributed by atoms with E-state index in [1.54, 1.807) is 18.2 Å². The van der Waals surface area contributed by atoms with Crippen molar-refractivity contribution in [3.63, 3.8) is 0 Å². The number of hydrogen-bond acceptors (Lipinski definition) is 5. The van der Waals surface area contributed by atoms with Crippen LogP contribution in [0, 0.1) is 0 Å². The van der Waals surface area contributed by atoms with Gasteiger partial charge < -0.3 is 10.6 Å². The molecule has 3 N–H and O–H groups in total. The summed E-state index contributed by atoms with van der Waals surface area (Å²) in [6.45, 7) is 5.66. The number of rotatable bonds is 4. The molecule has 0 unspecified atom stereocenters. The van der Waals surface area contributed by atoms with E-state index in [4.69, 9.17) is 12.2 Å². The minimum Gasteiger partial charge on any atom is -0.326 e. The monoisotopic (exact) mass is 412 g/mol. The number of amides is 2. The van der Waals surface area contributed by atoms with E-state index in [9.17, 15) is 9.59 Å². The lowest BCUT2D eigenvalue weighted by atomic mass is 10.0. The lowest BCUT2D eigenvalue weighted by molar-refractivity contribution is -0.114. The van der Waals surface area contributed by atoms with Gasteiger partial charge in [-0.2, -0.15) is 0 Å². The molecule has 144 valence electrons. The Morgan fingerprint density at radius 1 is 1.07 bits per heavy atom. The van der Waals surface area contributed by atoms with Gasteiger partial charge in [-0.1, -0.05) is 37.3 Å². The maximum Gasteiger partial charge on any atom is 0.257 e. The lowest BCUT2D eigenvalue weighted by Gasteiger charge is -2.09. The number of benzene rings is 2.